The molecule has 0 aromatic heterocycles. The number of ether oxygens (including phenoxy) is 3. The fourth-order valence-corrected chi connectivity index (χ4v) is 6.92. The summed E-state index contributed by atoms with van der Waals surface area (Å²) in [5.74, 6) is 0.104. The van der Waals surface area contributed by atoms with Crippen LogP contribution in [0.25, 0.3) is 0 Å². The molecule has 3 atom stereocenters. The van der Waals surface area contributed by atoms with Crippen LogP contribution in [-0.4, -0.2) is 38.4 Å². The quantitative estimate of drug-likeness (QED) is 0.435. The molecule has 33 heavy (non-hydrogen) atoms. The lowest BCUT2D eigenvalue weighted by Gasteiger charge is -2.41. The second-order valence-corrected chi connectivity index (χ2v) is 13.8. The molecule has 0 aliphatic carbocycles. The zero-order valence-electron chi connectivity index (χ0n) is 19.4. The van der Waals surface area contributed by atoms with Gasteiger partial charge < -0.3 is 14.2 Å². The third kappa shape index (κ3) is 6.06. The van der Waals surface area contributed by atoms with Gasteiger partial charge in [0.1, 0.15) is 20.3 Å². The van der Waals surface area contributed by atoms with Gasteiger partial charge in [-0.1, -0.05) is 109 Å². The van der Waals surface area contributed by atoms with Crippen molar-refractivity contribution in [3.63, 3.8) is 0 Å². The number of hydrogen-bond acceptors (Lipinski definition) is 4. The Balaban J connectivity index is 1.48. The summed E-state index contributed by atoms with van der Waals surface area (Å²) < 4.78 is 18.7. The normalized spacial score (nSPS) is 21.2. The molecule has 3 aromatic rings. The summed E-state index contributed by atoms with van der Waals surface area (Å²) in [6.45, 7) is 5.71. The molecule has 0 saturated carbocycles. The van der Waals surface area contributed by atoms with E-state index in [1.165, 1.54) is 5.19 Å². The highest BCUT2D eigenvalue weighted by Crippen LogP contribution is 2.27. The summed E-state index contributed by atoms with van der Waals surface area (Å²) >= 11 is 0. The van der Waals surface area contributed by atoms with Crippen LogP contribution in [0.15, 0.2) is 91.0 Å². The predicted octanol–water partition coefficient (Wildman–Crippen LogP) is 4.67. The van der Waals surface area contributed by atoms with E-state index in [0.717, 1.165) is 11.1 Å². The molecule has 1 saturated heterocycles. The van der Waals surface area contributed by atoms with Crippen LogP contribution in [0, 0.1) is 0 Å². The first-order valence-corrected chi connectivity index (χ1v) is 14.6. The Hall–Kier alpha value is -2.57. The van der Waals surface area contributed by atoms with Crippen molar-refractivity contribution in [3.8, 4) is 0 Å². The first kappa shape index (κ1) is 23.6. The second-order valence-electron chi connectivity index (χ2n) is 9.14. The SMILES string of the molecule is C[Si](C)(c1ccccc1)[C@@H]1CC(=O)[C@@H](OCc2ccccc2)[C@@H](COCc2ccccc2)O1. The summed E-state index contributed by atoms with van der Waals surface area (Å²) in [7, 11) is -2.04. The Bertz CT molecular complexity index is 1010. The molecule has 4 nitrogen and oxygen atoms in total. The van der Waals surface area contributed by atoms with Crippen molar-refractivity contribution in [2.75, 3.05) is 6.61 Å². The van der Waals surface area contributed by atoms with Gasteiger partial charge in [0.25, 0.3) is 0 Å². The molecule has 4 rings (SSSR count). The third-order valence-electron chi connectivity index (χ3n) is 6.37. The van der Waals surface area contributed by atoms with Crippen molar-refractivity contribution in [2.45, 2.75) is 50.7 Å². The fourth-order valence-electron chi connectivity index (χ4n) is 4.27. The topological polar surface area (TPSA) is 44.8 Å². The van der Waals surface area contributed by atoms with Crippen LogP contribution in [0.1, 0.15) is 17.5 Å². The van der Waals surface area contributed by atoms with E-state index in [-0.39, 0.29) is 11.5 Å². The highest BCUT2D eigenvalue weighted by Gasteiger charge is 2.45. The summed E-state index contributed by atoms with van der Waals surface area (Å²) in [4.78, 5) is 13.3. The van der Waals surface area contributed by atoms with Crippen LogP contribution in [0.4, 0.5) is 0 Å². The number of rotatable bonds is 9. The van der Waals surface area contributed by atoms with Gasteiger partial charge in [-0.2, -0.15) is 0 Å². The minimum atomic E-state index is -2.04. The van der Waals surface area contributed by atoms with E-state index in [1.807, 2.05) is 66.7 Å². The molecule has 0 N–H and O–H groups in total. The first-order valence-electron chi connectivity index (χ1n) is 11.5. The molecule has 0 unspecified atom stereocenters. The molecule has 1 aliphatic heterocycles. The molecular weight excluding hydrogens is 428 g/mol. The Kier molecular flexibility index (Phi) is 7.88. The largest absolute Gasteiger partial charge is 0.374 e. The Morgan fingerprint density at radius 2 is 1.36 bits per heavy atom. The van der Waals surface area contributed by atoms with E-state index in [1.54, 1.807) is 0 Å². The Labute approximate surface area is 197 Å². The summed E-state index contributed by atoms with van der Waals surface area (Å²) in [5, 5.41) is 1.29. The maximum absolute atomic E-state index is 13.3. The van der Waals surface area contributed by atoms with Gasteiger partial charge in [0.05, 0.1) is 25.5 Å². The molecule has 172 valence electrons. The summed E-state index contributed by atoms with van der Waals surface area (Å²) in [5.41, 5.74) is 2.02. The molecule has 0 bridgehead atoms. The molecular formula is C28H32O4Si. The number of benzene rings is 3. The lowest BCUT2D eigenvalue weighted by Crippen LogP contribution is -2.61. The first-order chi connectivity index (χ1) is 16.0. The standard InChI is InChI=1S/C28H32O4Si/c1-33(2,24-16-10-5-11-17-24)27-18-25(29)28(31-20-23-14-8-4-9-15-23)26(32-27)21-30-19-22-12-6-3-7-13-22/h3-17,26-28H,18-21H2,1-2H3/t26-,27-,28-/m1/s1. The average Bonchev–Trinajstić information content (AvgIpc) is 2.85. The highest BCUT2D eigenvalue weighted by atomic mass is 28.3. The van der Waals surface area contributed by atoms with Gasteiger partial charge in [-0.15, -0.1) is 0 Å². The monoisotopic (exact) mass is 460 g/mol. The lowest BCUT2D eigenvalue weighted by molar-refractivity contribution is -0.170. The maximum Gasteiger partial charge on any atom is 0.166 e. The van der Waals surface area contributed by atoms with E-state index in [4.69, 9.17) is 14.2 Å². The smallest absolute Gasteiger partial charge is 0.166 e. The molecule has 3 aromatic carbocycles. The number of carbonyl (C=O) groups is 1. The molecule has 0 radical (unpaired) electrons. The summed E-state index contributed by atoms with van der Waals surface area (Å²) in [6.07, 6.45) is -0.681. The average molecular weight is 461 g/mol. The van der Waals surface area contributed by atoms with Crippen molar-refractivity contribution >= 4 is 19.0 Å². The van der Waals surface area contributed by atoms with Gasteiger partial charge in [-0.05, 0) is 11.1 Å². The summed E-state index contributed by atoms with van der Waals surface area (Å²) in [6, 6.07) is 30.4. The van der Waals surface area contributed by atoms with Gasteiger partial charge in [-0.3, -0.25) is 4.79 Å². The van der Waals surface area contributed by atoms with Gasteiger partial charge in [0.2, 0.25) is 0 Å². The maximum atomic E-state index is 13.3. The minimum absolute atomic E-state index is 0.104. The van der Waals surface area contributed by atoms with Crippen LogP contribution < -0.4 is 5.19 Å². The van der Waals surface area contributed by atoms with E-state index in [9.17, 15) is 4.79 Å². The lowest BCUT2D eigenvalue weighted by atomic mass is 10.0. The van der Waals surface area contributed by atoms with Crippen LogP contribution in [0.3, 0.4) is 0 Å². The van der Waals surface area contributed by atoms with Gasteiger partial charge in [0.15, 0.2) is 5.78 Å². The molecule has 1 heterocycles. The van der Waals surface area contributed by atoms with E-state index in [0.29, 0.717) is 26.2 Å². The Morgan fingerprint density at radius 1 is 0.818 bits per heavy atom. The molecule has 0 amide bonds. The van der Waals surface area contributed by atoms with Gasteiger partial charge in [-0.25, -0.2) is 0 Å². The highest BCUT2D eigenvalue weighted by molar-refractivity contribution is 6.91. The van der Waals surface area contributed by atoms with Crippen LogP contribution in [0.5, 0.6) is 0 Å². The van der Waals surface area contributed by atoms with Crippen LogP contribution >= 0.6 is 0 Å². The van der Waals surface area contributed by atoms with Crippen molar-refractivity contribution in [1.82, 2.24) is 0 Å². The molecule has 1 aliphatic rings. The van der Waals surface area contributed by atoms with Crippen molar-refractivity contribution in [3.05, 3.63) is 102 Å². The number of carbonyl (C=O) groups excluding carboxylic acids is 1. The van der Waals surface area contributed by atoms with Crippen LogP contribution in [0.2, 0.25) is 13.1 Å². The molecule has 1 fully saturated rings. The number of ketones is 1. The number of hydrogen-bond donors (Lipinski definition) is 0. The number of Topliss-reactive ketones (excluding diaryl/α,β-unsaturated/α-hetero) is 1. The van der Waals surface area contributed by atoms with E-state index < -0.39 is 20.3 Å². The van der Waals surface area contributed by atoms with Gasteiger partial charge >= 0.3 is 0 Å². The van der Waals surface area contributed by atoms with Crippen molar-refractivity contribution < 1.29 is 19.0 Å². The molecule has 5 heteroatoms. The van der Waals surface area contributed by atoms with E-state index in [2.05, 4.69) is 37.4 Å². The Morgan fingerprint density at radius 3 is 1.97 bits per heavy atom. The van der Waals surface area contributed by atoms with Crippen molar-refractivity contribution in [2.24, 2.45) is 0 Å². The molecule has 0 spiro atoms. The zero-order valence-corrected chi connectivity index (χ0v) is 20.4. The van der Waals surface area contributed by atoms with Gasteiger partial charge in [0, 0.05) is 6.42 Å². The third-order valence-corrected chi connectivity index (χ3v) is 10.1. The minimum Gasteiger partial charge on any atom is -0.374 e. The zero-order chi connectivity index (χ0) is 23.1. The van der Waals surface area contributed by atoms with Crippen LogP contribution in [-0.2, 0) is 32.2 Å². The predicted molar refractivity (Wildman–Crippen MR) is 133 cm³/mol. The van der Waals surface area contributed by atoms with Crippen molar-refractivity contribution in [1.29, 1.82) is 0 Å². The second kappa shape index (κ2) is 11.0. The fraction of sp³-hybridized carbons (Fsp3) is 0.321. The van der Waals surface area contributed by atoms with E-state index >= 15 is 0 Å².